The van der Waals surface area contributed by atoms with E-state index in [0.717, 1.165) is 28.0 Å². The van der Waals surface area contributed by atoms with E-state index in [-0.39, 0.29) is 6.04 Å². The number of para-hydroxylation sites is 2. The van der Waals surface area contributed by atoms with E-state index in [9.17, 15) is 0 Å². The maximum absolute atomic E-state index is 6.09. The fourth-order valence-electron chi connectivity index (χ4n) is 2.05. The second-order valence-corrected chi connectivity index (χ2v) is 5.91. The third-order valence-corrected chi connectivity index (χ3v) is 4.03. The summed E-state index contributed by atoms with van der Waals surface area (Å²) in [6.45, 7) is 5.36. The molecule has 0 aliphatic heterocycles. The molecule has 2 nitrogen and oxygen atoms in total. The molecular weight excluding hydrogens is 361 g/mol. The van der Waals surface area contributed by atoms with Crippen LogP contribution in [0.5, 0.6) is 11.5 Å². The highest BCUT2D eigenvalue weighted by atomic mass is 127. The van der Waals surface area contributed by atoms with Gasteiger partial charge in [-0.1, -0.05) is 37.3 Å². The minimum absolute atomic E-state index is 0.285. The van der Waals surface area contributed by atoms with Crippen molar-refractivity contribution in [1.82, 2.24) is 5.32 Å². The van der Waals surface area contributed by atoms with Gasteiger partial charge < -0.3 is 10.1 Å². The Bertz CT molecular complexity index is 556. The van der Waals surface area contributed by atoms with Gasteiger partial charge in [0.05, 0.1) is 3.57 Å². The summed E-state index contributed by atoms with van der Waals surface area (Å²) in [5, 5.41) is 3.51. The molecule has 20 heavy (non-hydrogen) atoms. The molecule has 0 saturated heterocycles. The molecule has 1 N–H and O–H groups in total. The van der Waals surface area contributed by atoms with E-state index < -0.39 is 0 Å². The summed E-state index contributed by atoms with van der Waals surface area (Å²) in [7, 11) is 0. The average Bonchev–Trinajstić information content (AvgIpc) is 2.48. The molecule has 2 rings (SSSR count). The first-order chi connectivity index (χ1) is 9.72. The fourth-order valence-corrected chi connectivity index (χ4v) is 2.55. The van der Waals surface area contributed by atoms with Gasteiger partial charge in [-0.3, -0.25) is 0 Å². The van der Waals surface area contributed by atoms with Crippen LogP contribution in [0.4, 0.5) is 0 Å². The number of benzene rings is 2. The zero-order valence-electron chi connectivity index (χ0n) is 11.9. The molecule has 0 spiro atoms. The Morgan fingerprint density at radius 1 is 1.05 bits per heavy atom. The maximum atomic E-state index is 6.09. The Morgan fingerprint density at radius 2 is 1.70 bits per heavy atom. The molecule has 1 atom stereocenters. The molecule has 0 amide bonds. The lowest BCUT2D eigenvalue weighted by molar-refractivity contribution is 0.458. The third-order valence-electron chi connectivity index (χ3n) is 3.14. The van der Waals surface area contributed by atoms with Crippen LogP contribution in [0.25, 0.3) is 0 Å². The molecular formula is C17H20INO. The van der Waals surface area contributed by atoms with Crippen molar-refractivity contribution in [3.8, 4) is 11.5 Å². The Morgan fingerprint density at radius 3 is 2.40 bits per heavy atom. The minimum atomic E-state index is 0.285. The second kappa shape index (κ2) is 7.64. The van der Waals surface area contributed by atoms with Gasteiger partial charge in [-0.25, -0.2) is 0 Å². The molecule has 0 saturated carbocycles. The first kappa shape index (κ1) is 15.3. The number of halogens is 1. The van der Waals surface area contributed by atoms with Crippen LogP contribution >= 0.6 is 22.6 Å². The highest BCUT2D eigenvalue weighted by Gasteiger charge is 2.12. The molecule has 3 heteroatoms. The van der Waals surface area contributed by atoms with Gasteiger partial charge in [0, 0.05) is 11.6 Å². The number of hydrogen-bond acceptors (Lipinski definition) is 2. The van der Waals surface area contributed by atoms with Crippen LogP contribution in [0, 0.1) is 3.57 Å². The summed E-state index contributed by atoms with van der Waals surface area (Å²) in [4.78, 5) is 0. The molecule has 106 valence electrons. The largest absolute Gasteiger partial charge is 0.456 e. The van der Waals surface area contributed by atoms with Crippen molar-refractivity contribution < 1.29 is 4.74 Å². The minimum Gasteiger partial charge on any atom is -0.456 e. The normalized spacial score (nSPS) is 12.2. The lowest BCUT2D eigenvalue weighted by Crippen LogP contribution is -2.19. The lowest BCUT2D eigenvalue weighted by atomic mass is 10.1. The number of hydrogen-bond donors (Lipinski definition) is 1. The molecule has 0 heterocycles. The zero-order valence-corrected chi connectivity index (χ0v) is 14.1. The van der Waals surface area contributed by atoms with E-state index in [1.165, 1.54) is 5.56 Å². The van der Waals surface area contributed by atoms with Crippen LogP contribution in [-0.4, -0.2) is 6.54 Å². The summed E-state index contributed by atoms with van der Waals surface area (Å²) in [6.07, 6.45) is 1.13. The van der Waals surface area contributed by atoms with E-state index >= 15 is 0 Å². The standard InChI is InChI=1S/C17H20INO/c1-3-12-19-13(2)14-8-4-6-10-16(14)20-17-11-7-5-9-15(17)18/h4-11,13,19H,3,12H2,1-2H3. The van der Waals surface area contributed by atoms with Crippen molar-refractivity contribution in [2.75, 3.05) is 6.54 Å². The van der Waals surface area contributed by atoms with Gasteiger partial charge in [0.2, 0.25) is 0 Å². The quantitative estimate of drug-likeness (QED) is 0.700. The van der Waals surface area contributed by atoms with Gasteiger partial charge in [0.15, 0.2) is 0 Å². The molecule has 0 fully saturated rings. The second-order valence-electron chi connectivity index (χ2n) is 4.75. The first-order valence-electron chi connectivity index (χ1n) is 6.97. The number of nitrogens with one attached hydrogen (secondary N) is 1. The van der Waals surface area contributed by atoms with Crippen molar-refractivity contribution in [3.05, 3.63) is 57.7 Å². The van der Waals surface area contributed by atoms with Crippen molar-refractivity contribution in [1.29, 1.82) is 0 Å². The van der Waals surface area contributed by atoms with Crippen LogP contribution in [0.1, 0.15) is 31.9 Å². The fraction of sp³-hybridized carbons (Fsp3) is 0.294. The molecule has 0 aliphatic rings. The molecule has 0 bridgehead atoms. The van der Waals surface area contributed by atoms with Gasteiger partial charge in [-0.2, -0.15) is 0 Å². The highest BCUT2D eigenvalue weighted by molar-refractivity contribution is 14.1. The zero-order chi connectivity index (χ0) is 14.4. The Balaban J connectivity index is 2.22. The van der Waals surface area contributed by atoms with Crippen molar-refractivity contribution in [2.45, 2.75) is 26.3 Å². The van der Waals surface area contributed by atoms with E-state index in [0.29, 0.717) is 0 Å². The summed E-state index contributed by atoms with van der Waals surface area (Å²) >= 11 is 2.30. The van der Waals surface area contributed by atoms with Gasteiger partial charge in [0.25, 0.3) is 0 Å². The highest BCUT2D eigenvalue weighted by Crippen LogP contribution is 2.31. The molecule has 1 unspecified atom stereocenters. The lowest BCUT2D eigenvalue weighted by Gasteiger charge is -2.18. The maximum Gasteiger partial charge on any atom is 0.140 e. The van der Waals surface area contributed by atoms with Gasteiger partial charge in [0.1, 0.15) is 11.5 Å². The topological polar surface area (TPSA) is 21.3 Å². The van der Waals surface area contributed by atoms with Gasteiger partial charge in [-0.05, 0) is 60.7 Å². The SMILES string of the molecule is CCCNC(C)c1ccccc1Oc1ccccc1I. The van der Waals surface area contributed by atoms with Crippen molar-refractivity contribution >= 4 is 22.6 Å². The number of ether oxygens (including phenoxy) is 1. The summed E-state index contributed by atoms with van der Waals surface area (Å²) in [6, 6.07) is 16.6. The van der Waals surface area contributed by atoms with E-state index in [2.05, 4.69) is 60.0 Å². The Labute approximate surface area is 134 Å². The predicted octanol–water partition coefficient (Wildman–Crippen LogP) is 5.14. The molecule has 0 radical (unpaired) electrons. The van der Waals surface area contributed by atoms with Crippen LogP contribution in [0.3, 0.4) is 0 Å². The Hall–Kier alpha value is -1.07. The number of rotatable bonds is 6. The monoisotopic (exact) mass is 381 g/mol. The van der Waals surface area contributed by atoms with Crippen LogP contribution in [0.2, 0.25) is 0 Å². The smallest absolute Gasteiger partial charge is 0.140 e. The summed E-state index contributed by atoms with van der Waals surface area (Å²) < 4.78 is 7.21. The summed E-state index contributed by atoms with van der Waals surface area (Å²) in [5.74, 6) is 1.83. The molecule has 2 aromatic rings. The van der Waals surface area contributed by atoms with E-state index in [1.54, 1.807) is 0 Å². The van der Waals surface area contributed by atoms with Crippen molar-refractivity contribution in [2.24, 2.45) is 0 Å². The van der Waals surface area contributed by atoms with Crippen LogP contribution in [-0.2, 0) is 0 Å². The van der Waals surface area contributed by atoms with Gasteiger partial charge in [-0.15, -0.1) is 0 Å². The molecule has 0 aliphatic carbocycles. The van der Waals surface area contributed by atoms with E-state index in [4.69, 9.17) is 4.74 Å². The summed E-state index contributed by atoms with van der Waals surface area (Å²) in [5.41, 5.74) is 1.20. The first-order valence-corrected chi connectivity index (χ1v) is 8.05. The van der Waals surface area contributed by atoms with Crippen LogP contribution in [0.15, 0.2) is 48.5 Å². The molecule has 2 aromatic carbocycles. The Kier molecular flexibility index (Phi) is 5.86. The van der Waals surface area contributed by atoms with E-state index in [1.807, 2.05) is 30.3 Å². The molecule has 0 aromatic heterocycles. The van der Waals surface area contributed by atoms with Crippen molar-refractivity contribution in [3.63, 3.8) is 0 Å². The average molecular weight is 381 g/mol. The third kappa shape index (κ3) is 3.96. The van der Waals surface area contributed by atoms with Crippen LogP contribution < -0.4 is 10.1 Å². The van der Waals surface area contributed by atoms with Gasteiger partial charge >= 0.3 is 0 Å². The predicted molar refractivity (Wildman–Crippen MR) is 92.4 cm³/mol.